The topological polar surface area (TPSA) is 361 Å². The second kappa shape index (κ2) is 16.7. The molecule has 0 spiro atoms. The maximum absolute atomic E-state index is 12.5. The zero-order valence-electron chi connectivity index (χ0n) is 24.8. The molecule has 0 aromatic carbocycles. The van der Waals surface area contributed by atoms with Gasteiger partial charge in [-0.15, -0.1) is 0 Å². The Kier molecular flexibility index (Phi) is 14.0. The summed E-state index contributed by atoms with van der Waals surface area (Å²) in [7, 11) is -16.7. The second-order valence-corrected chi connectivity index (χ2v) is 13.7. The first-order valence-electron chi connectivity index (χ1n) is 12.9. The van der Waals surface area contributed by atoms with Gasteiger partial charge in [-0.05, 0) is 6.07 Å². The van der Waals surface area contributed by atoms with Crippen LogP contribution in [0.4, 0.5) is 5.82 Å². The zero-order chi connectivity index (χ0) is 35.4. The molecule has 0 aliphatic carbocycles. The molecule has 8 atom stereocenters. The molecule has 28 heteroatoms. The SMILES string of the molecule is NC(=O)c1ccc[n+](C(C=O)OC(C=O)COP(=O)([O-])OP(=O)(O)OCC2OC(n3cnc4c(N)ncnc43)C(OP(=O)(O)O)C2O)c1.[Na]. The molecular formula is C21H26N7NaO17P3. The van der Waals surface area contributed by atoms with E-state index in [9.17, 15) is 52.8 Å². The first kappa shape index (κ1) is 41.0. The Hall–Kier alpha value is -2.44. The number of primary amides is 1. The number of aldehydes is 2. The van der Waals surface area contributed by atoms with Crippen molar-refractivity contribution in [2.75, 3.05) is 18.9 Å². The number of anilines is 1. The Morgan fingerprint density at radius 1 is 1.16 bits per heavy atom. The van der Waals surface area contributed by atoms with Gasteiger partial charge < -0.3 is 54.9 Å². The standard InChI is InChI=1S/C21H26N7O17P3.Na/c22-18-15-20(25-9-24-18)28(10-26-15)21-17(44-46(33,34)35)16(31)13(43-21)8-41-48(38,39)45-47(36,37)40-7-12(5-29)42-14(6-30)27-3-1-2-11(4-27)19(23)32;/h1-6,9-10,12-14,16-17,21,31H,7-8H2,(H7-,22,23,24,25,32,33,34,35,36,37,38,39);. The number of carbonyl (C=O) groups is 3. The molecule has 8 unspecified atom stereocenters. The van der Waals surface area contributed by atoms with Crippen LogP contribution in [-0.2, 0) is 50.6 Å². The zero-order valence-corrected chi connectivity index (χ0v) is 29.5. The third-order valence-corrected chi connectivity index (χ3v) is 9.30. The van der Waals surface area contributed by atoms with Crippen LogP contribution in [0.25, 0.3) is 11.2 Å². The van der Waals surface area contributed by atoms with Crippen LogP contribution in [0.1, 0.15) is 22.8 Å². The van der Waals surface area contributed by atoms with Gasteiger partial charge in [0.25, 0.3) is 13.7 Å². The molecule has 4 rings (SSSR count). The van der Waals surface area contributed by atoms with Crippen LogP contribution < -0.4 is 20.9 Å². The maximum atomic E-state index is 12.5. The number of nitrogens with two attached hydrogens (primary N) is 2. The Morgan fingerprint density at radius 2 is 1.88 bits per heavy atom. The van der Waals surface area contributed by atoms with Crippen molar-refractivity contribution < 1.29 is 84.7 Å². The number of ether oxygens (including phenoxy) is 2. The number of aliphatic hydroxyl groups excluding tert-OH is 1. The molecule has 0 bridgehead atoms. The summed E-state index contributed by atoms with van der Waals surface area (Å²) in [5.41, 5.74) is 10.9. The van der Waals surface area contributed by atoms with Gasteiger partial charge in [-0.25, -0.2) is 28.4 Å². The number of imidazole rings is 1. The van der Waals surface area contributed by atoms with Gasteiger partial charge in [-0.3, -0.25) is 27.8 Å². The predicted octanol–water partition coefficient (Wildman–Crippen LogP) is -3.25. The summed E-state index contributed by atoms with van der Waals surface area (Å²) in [4.78, 5) is 87.1. The molecule has 8 N–H and O–H groups in total. The number of rotatable bonds is 17. The van der Waals surface area contributed by atoms with E-state index in [1.165, 1.54) is 18.3 Å². The number of phosphoric ester groups is 3. The van der Waals surface area contributed by atoms with Crippen LogP contribution in [0.3, 0.4) is 0 Å². The van der Waals surface area contributed by atoms with E-state index < -0.39 is 79.5 Å². The van der Waals surface area contributed by atoms with Crippen LogP contribution in [0.5, 0.6) is 0 Å². The Bertz CT molecular complexity index is 1810. The molecule has 3 aromatic heterocycles. The van der Waals surface area contributed by atoms with Gasteiger partial charge in [-0.2, -0.15) is 4.57 Å². The summed E-state index contributed by atoms with van der Waals surface area (Å²) < 4.78 is 67.0. The molecule has 1 fully saturated rings. The van der Waals surface area contributed by atoms with Crippen molar-refractivity contribution in [3.8, 4) is 0 Å². The number of pyridine rings is 1. The number of carbonyl (C=O) groups excluding carboxylic acids is 3. The molecule has 3 aromatic rings. The van der Waals surface area contributed by atoms with Crippen molar-refractivity contribution in [2.45, 2.75) is 36.9 Å². The molecule has 263 valence electrons. The smallest absolute Gasteiger partial charge is 0.478 e. The molecule has 1 amide bonds. The predicted molar refractivity (Wildman–Crippen MR) is 154 cm³/mol. The third kappa shape index (κ3) is 10.8. The maximum Gasteiger partial charge on any atom is 0.478 e. The second-order valence-electron chi connectivity index (χ2n) is 9.53. The average Bonchev–Trinajstić information content (AvgIpc) is 3.56. The molecule has 1 radical (unpaired) electrons. The average molecular weight is 764 g/mol. The van der Waals surface area contributed by atoms with Crippen molar-refractivity contribution >= 4 is 88.5 Å². The molecule has 0 saturated carbocycles. The summed E-state index contributed by atoms with van der Waals surface area (Å²) in [5.74, 6) is -0.921. The first-order valence-corrected chi connectivity index (χ1v) is 17.4. The van der Waals surface area contributed by atoms with Gasteiger partial charge in [0.1, 0.15) is 41.8 Å². The number of amides is 1. The number of aliphatic hydroxyl groups is 1. The van der Waals surface area contributed by atoms with E-state index in [1.807, 2.05) is 0 Å². The molecule has 49 heavy (non-hydrogen) atoms. The van der Waals surface area contributed by atoms with Gasteiger partial charge in [0, 0.05) is 35.6 Å². The van der Waals surface area contributed by atoms with Gasteiger partial charge in [-0.1, -0.05) is 0 Å². The van der Waals surface area contributed by atoms with E-state index in [4.69, 9.17) is 20.9 Å². The van der Waals surface area contributed by atoms with Crippen LogP contribution in [-0.4, -0.2) is 125 Å². The van der Waals surface area contributed by atoms with Crippen LogP contribution in [0, 0.1) is 0 Å². The van der Waals surface area contributed by atoms with Crippen molar-refractivity contribution in [3.05, 3.63) is 42.7 Å². The van der Waals surface area contributed by atoms with Crippen LogP contribution >= 0.6 is 23.5 Å². The molecule has 1 saturated heterocycles. The summed E-state index contributed by atoms with van der Waals surface area (Å²) in [6.07, 6.45) is -5.78. The number of hydrogen-bond acceptors (Lipinski definition) is 18. The summed E-state index contributed by atoms with van der Waals surface area (Å²) in [6.45, 7) is -2.29. The van der Waals surface area contributed by atoms with E-state index >= 15 is 0 Å². The van der Waals surface area contributed by atoms with Gasteiger partial charge in [0.15, 0.2) is 36.4 Å². The minimum atomic E-state index is -5.78. The Labute approximate surface area is 296 Å². The molecule has 4 heterocycles. The molecule has 24 nitrogen and oxygen atoms in total. The van der Waals surface area contributed by atoms with E-state index in [1.54, 1.807) is 0 Å². The minimum Gasteiger partial charge on any atom is -0.756 e. The summed E-state index contributed by atoms with van der Waals surface area (Å²) in [6, 6.07) is 2.65. The monoisotopic (exact) mass is 764 g/mol. The number of nitrogens with zero attached hydrogens (tertiary/aromatic N) is 5. The third-order valence-electron chi connectivity index (χ3n) is 6.22. The number of phosphoric acid groups is 3. The number of nitrogen functional groups attached to an aromatic ring is 1. The quantitative estimate of drug-likeness (QED) is 0.0340. The largest absolute Gasteiger partial charge is 0.756 e. The van der Waals surface area contributed by atoms with Gasteiger partial charge in [0.05, 0.1) is 19.5 Å². The van der Waals surface area contributed by atoms with E-state index in [0.29, 0.717) is 0 Å². The minimum absolute atomic E-state index is 0. The fourth-order valence-corrected chi connectivity index (χ4v) is 6.77. The molecular weight excluding hydrogens is 738 g/mol. The number of fused-ring (bicyclic) bond motifs is 1. The fourth-order valence-electron chi connectivity index (χ4n) is 4.17. The normalized spacial score (nSPS) is 23.1. The number of hydrogen-bond donors (Lipinski definition) is 6. The van der Waals surface area contributed by atoms with E-state index in [2.05, 4.69) is 32.8 Å². The first-order chi connectivity index (χ1) is 22.4. The van der Waals surface area contributed by atoms with E-state index in [-0.39, 0.29) is 64.7 Å². The van der Waals surface area contributed by atoms with Crippen LogP contribution in [0.15, 0.2) is 37.2 Å². The van der Waals surface area contributed by atoms with Crippen LogP contribution in [0.2, 0.25) is 0 Å². The van der Waals surface area contributed by atoms with Crippen molar-refractivity contribution in [1.29, 1.82) is 0 Å². The van der Waals surface area contributed by atoms with Crippen molar-refractivity contribution in [3.63, 3.8) is 0 Å². The van der Waals surface area contributed by atoms with Gasteiger partial charge in [0.2, 0.25) is 6.29 Å². The summed E-state index contributed by atoms with van der Waals surface area (Å²) in [5, 5.41) is 10.7. The molecule has 1 aliphatic heterocycles. The Balaban J connectivity index is 0.00000650. The molecule has 1 aliphatic rings. The van der Waals surface area contributed by atoms with E-state index in [0.717, 1.165) is 28.0 Å². The van der Waals surface area contributed by atoms with Crippen molar-refractivity contribution in [1.82, 2.24) is 19.5 Å². The summed E-state index contributed by atoms with van der Waals surface area (Å²) >= 11 is 0. The number of aromatic nitrogens is 5. The van der Waals surface area contributed by atoms with Crippen molar-refractivity contribution in [2.24, 2.45) is 5.73 Å². The van der Waals surface area contributed by atoms with Gasteiger partial charge >= 0.3 is 21.9 Å². The fraction of sp³-hybridized carbons (Fsp3) is 0.381. The Morgan fingerprint density at radius 3 is 2.51 bits per heavy atom.